The number of halogens is 1. The number of carbonyl (C=O) groups excluding carboxylic acids is 1. The van der Waals surface area contributed by atoms with Crippen molar-refractivity contribution in [2.24, 2.45) is 0 Å². The quantitative estimate of drug-likeness (QED) is 0.792. The molecule has 0 saturated heterocycles. The predicted molar refractivity (Wildman–Crippen MR) is 82.9 cm³/mol. The van der Waals surface area contributed by atoms with E-state index in [2.05, 4.69) is 25.4 Å². The van der Waals surface area contributed by atoms with E-state index in [1.807, 2.05) is 0 Å². The van der Waals surface area contributed by atoms with Crippen molar-refractivity contribution in [1.29, 1.82) is 0 Å². The van der Waals surface area contributed by atoms with Gasteiger partial charge in [-0.15, -0.1) is 0 Å². The summed E-state index contributed by atoms with van der Waals surface area (Å²) in [6.45, 7) is 0. The molecule has 7 nitrogen and oxygen atoms in total. The van der Waals surface area contributed by atoms with Crippen LogP contribution in [-0.2, 0) is 10.2 Å². The van der Waals surface area contributed by atoms with Crippen LogP contribution in [0.4, 0.5) is 10.2 Å². The number of pyridine rings is 1. The van der Waals surface area contributed by atoms with Crippen molar-refractivity contribution in [2.45, 2.75) is 18.3 Å². The van der Waals surface area contributed by atoms with E-state index in [1.54, 1.807) is 30.7 Å². The van der Waals surface area contributed by atoms with Crippen molar-refractivity contribution in [2.75, 3.05) is 5.32 Å². The number of nitrogens with zero attached hydrogens (tertiary/aromatic N) is 5. The van der Waals surface area contributed by atoms with Gasteiger partial charge in [0.25, 0.3) is 0 Å². The van der Waals surface area contributed by atoms with Gasteiger partial charge < -0.3 is 5.32 Å². The molecular weight excluding hydrogens is 311 g/mol. The molecule has 4 rings (SSSR count). The van der Waals surface area contributed by atoms with Gasteiger partial charge in [0.1, 0.15) is 17.1 Å². The summed E-state index contributed by atoms with van der Waals surface area (Å²) < 4.78 is 14.7. The van der Waals surface area contributed by atoms with Gasteiger partial charge in [-0.25, -0.2) is 19.0 Å². The zero-order valence-corrected chi connectivity index (χ0v) is 12.6. The first-order valence-corrected chi connectivity index (χ1v) is 7.43. The van der Waals surface area contributed by atoms with E-state index in [0.29, 0.717) is 30.2 Å². The molecule has 0 atom stereocenters. The van der Waals surface area contributed by atoms with Crippen LogP contribution in [0.15, 0.2) is 49.2 Å². The minimum absolute atomic E-state index is 0.184. The molecule has 1 aliphatic rings. The van der Waals surface area contributed by atoms with Gasteiger partial charge in [-0.3, -0.25) is 9.78 Å². The van der Waals surface area contributed by atoms with Crippen molar-refractivity contribution < 1.29 is 9.18 Å². The summed E-state index contributed by atoms with van der Waals surface area (Å²) in [5, 5.41) is 7.02. The van der Waals surface area contributed by atoms with Crippen molar-refractivity contribution >= 4 is 11.7 Å². The molecule has 0 aromatic carbocycles. The van der Waals surface area contributed by atoms with Crippen molar-refractivity contribution in [3.05, 3.63) is 60.8 Å². The van der Waals surface area contributed by atoms with E-state index in [0.717, 1.165) is 6.20 Å². The summed E-state index contributed by atoms with van der Waals surface area (Å²) >= 11 is 0. The zero-order chi connectivity index (χ0) is 16.6. The number of rotatable bonds is 4. The summed E-state index contributed by atoms with van der Waals surface area (Å²) in [6, 6.07) is 4.67. The second kappa shape index (κ2) is 5.48. The number of anilines is 1. The summed E-state index contributed by atoms with van der Waals surface area (Å²) in [7, 11) is 0. The summed E-state index contributed by atoms with van der Waals surface area (Å²) in [5.74, 6) is 0.269. The van der Waals surface area contributed by atoms with Gasteiger partial charge in [0.15, 0.2) is 5.82 Å². The Balaban J connectivity index is 1.53. The van der Waals surface area contributed by atoms with E-state index in [9.17, 15) is 9.18 Å². The fraction of sp³-hybridized carbons (Fsp3) is 0.188. The number of hydrogen-bond acceptors (Lipinski definition) is 5. The molecule has 0 unspecified atom stereocenters. The summed E-state index contributed by atoms with van der Waals surface area (Å²) in [4.78, 5) is 24.7. The molecule has 120 valence electrons. The third-order valence-electron chi connectivity index (χ3n) is 3.96. The second-order valence-corrected chi connectivity index (χ2v) is 5.62. The van der Waals surface area contributed by atoms with Gasteiger partial charge in [-0.05, 0) is 18.9 Å². The molecule has 0 radical (unpaired) electrons. The van der Waals surface area contributed by atoms with Crippen molar-refractivity contribution in [3.8, 4) is 5.69 Å². The number of nitrogens with one attached hydrogen (secondary N) is 1. The standard InChI is InChI=1S/C16H13FN6O/c17-11-8-12(10-18-9-11)23-7-2-13(22-23)21-15(24)16(3-4-16)14-19-5-1-6-20-14/h1-2,5-10H,3-4H2,(H,21,22,24). The highest BCUT2D eigenvalue weighted by Crippen LogP contribution is 2.47. The number of hydrogen-bond donors (Lipinski definition) is 1. The molecule has 3 heterocycles. The van der Waals surface area contributed by atoms with Crippen molar-refractivity contribution in [3.63, 3.8) is 0 Å². The molecule has 1 amide bonds. The first kappa shape index (κ1) is 14.4. The molecule has 1 saturated carbocycles. The van der Waals surface area contributed by atoms with Crippen LogP contribution in [0.1, 0.15) is 18.7 Å². The molecule has 1 aliphatic carbocycles. The summed E-state index contributed by atoms with van der Waals surface area (Å²) in [5.41, 5.74) is -0.200. The molecule has 24 heavy (non-hydrogen) atoms. The van der Waals surface area contributed by atoms with Crippen LogP contribution in [0.5, 0.6) is 0 Å². The van der Waals surface area contributed by atoms with Gasteiger partial charge in [0.2, 0.25) is 5.91 Å². The van der Waals surface area contributed by atoms with E-state index >= 15 is 0 Å². The minimum Gasteiger partial charge on any atom is -0.308 e. The van der Waals surface area contributed by atoms with Crippen LogP contribution in [0, 0.1) is 5.82 Å². The first-order chi connectivity index (χ1) is 11.7. The van der Waals surface area contributed by atoms with E-state index in [1.165, 1.54) is 16.9 Å². The van der Waals surface area contributed by atoms with Crippen LogP contribution in [0.2, 0.25) is 0 Å². The Morgan fingerprint density at radius 1 is 1.25 bits per heavy atom. The minimum atomic E-state index is -0.675. The second-order valence-electron chi connectivity index (χ2n) is 5.62. The van der Waals surface area contributed by atoms with Crippen LogP contribution in [0.25, 0.3) is 5.69 Å². The average molecular weight is 324 g/mol. The smallest absolute Gasteiger partial charge is 0.239 e. The third-order valence-corrected chi connectivity index (χ3v) is 3.96. The average Bonchev–Trinajstić information content (AvgIpc) is 3.29. The topological polar surface area (TPSA) is 85.6 Å². The van der Waals surface area contributed by atoms with Crippen LogP contribution < -0.4 is 5.32 Å². The molecule has 3 aromatic rings. The Bertz CT molecular complexity index is 890. The Kier molecular flexibility index (Phi) is 3.30. The van der Waals surface area contributed by atoms with Gasteiger partial charge in [-0.2, -0.15) is 5.10 Å². The zero-order valence-electron chi connectivity index (χ0n) is 12.6. The number of aromatic nitrogens is 5. The molecule has 8 heteroatoms. The monoisotopic (exact) mass is 324 g/mol. The molecule has 1 N–H and O–H groups in total. The molecule has 0 aliphatic heterocycles. The lowest BCUT2D eigenvalue weighted by atomic mass is 10.1. The number of amides is 1. The van der Waals surface area contributed by atoms with E-state index in [4.69, 9.17) is 0 Å². The largest absolute Gasteiger partial charge is 0.308 e. The maximum absolute atomic E-state index is 13.2. The summed E-state index contributed by atoms with van der Waals surface area (Å²) in [6.07, 6.45) is 8.90. The molecule has 0 bridgehead atoms. The molecular formula is C16H13FN6O. The Hall–Kier alpha value is -3.16. The third kappa shape index (κ3) is 2.51. The lowest BCUT2D eigenvalue weighted by molar-refractivity contribution is -0.118. The molecule has 0 spiro atoms. The Morgan fingerprint density at radius 3 is 2.75 bits per heavy atom. The molecule has 3 aromatic heterocycles. The van der Waals surface area contributed by atoms with E-state index in [-0.39, 0.29) is 5.91 Å². The lowest BCUT2D eigenvalue weighted by Crippen LogP contribution is -2.29. The lowest BCUT2D eigenvalue weighted by Gasteiger charge is -2.12. The SMILES string of the molecule is O=C(Nc1ccn(-c2cncc(F)c2)n1)C1(c2ncccn2)CC1. The van der Waals surface area contributed by atoms with Crippen LogP contribution >= 0.6 is 0 Å². The first-order valence-electron chi connectivity index (χ1n) is 7.43. The van der Waals surface area contributed by atoms with Gasteiger partial charge >= 0.3 is 0 Å². The highest BCUT2D eigenvalue weighted by Gasteiger charge is 2.54. The maximum atomic E-state index is 13.2. The molecule has 1 fully saturated rings. The fourth-order valence-electron chi connectivity index (χ4n) is 2.52. The van der Waals surface area contributed by atoms with Gasteiger partial charge in [0, 0.05) is 30.7 Å². The van der Waals surface area contributed by atoms with Crippen LogP contribution in [-0.4, -0.2) is 30.6 Å². The normalized spacial score (nSPS) is 15.0. The van der Waals surface area contributed by atoms with Crippen molar-refractivity contribution in [1.82, 2.24) is 24.7 Å². The maximum Gasteiger partial charge on any atom is 0.239 e. The number of carbonyl (C=O) groups is 1. The Morgan fingerprint density at radius 2 is 2.04 bits per heavy atom. The Labute approximate surface area is 136 Å². The fourth-order valence-corrected chi connectivity index (χ4v) is 2.52. The predicted octanol–water partition coefficient (Wildman–Crippen LogP) is 1.87. The highest BCUT2D eigenvalue weighted by atomic mass is 19.1. The highest BCUT2D eigenvalue weighted by molar-refractivity contribution is 6.00. The van der Waals surface area contributed by atoms with E-state index < -0.39 is 11.2 Å². The van der Waals surface area contributed by atoms with Crippen LogP contribution in [0.3, 0.4) is 0 Å². The van der Waals surface area contributed by atoms with Gasteiger partial charge in [0.05, 0.1) is 18.1 Å². The van der Waals surface area contributed by atoms with Gasteiger partial charge in [-0.1, -0.05) is 0 Å².